The summed E-state index contributed by atoms with van der Waals surface area (Å²) in [7, 11) is 0.661. The zero-order valence-electron chi connectivity index (χ0n) is 14.3. The van der Waals surface area contributed by atoms with Crippen LogP contribution in [0.3, 0.4) is 0 Å². The van der Waals surface area contributed by atoms with Crippen molar-refractivity contribution >= 4 is 22.5 Å². The Morgan fingerprint density at radius 2 is 1.92 bits per heavy atom. The van der Waals surface area contributed by atoms with E-state index in [4.69, 9.17) is 4.74 Å². The summed E-state index contributed by atoms with van der Waals surface area (Å²) in [4.78, 5) is 12.4. The van der Waals surface area contributed by atoms with E-state index < -0.39 is 16.2 Å². The highest BCUT2D eigenvalue weighted by Gasteiger charge is 2.30. The molecule has 1 aromatic carbocycles. The number of hydrogen-bond donors (Lipinski definition) is 1. The van der Waals surface area contributed by atoms with E-state index in [0.717, 1.165) is 22.7 Å². The van der Waals surface area contributed by atoms with Gasteiger partial charge in [0.05, 0.1) is 30.0 Å². The lowest BCUT2D eigenvalue weighted by Crippen LogP contribution is -2.29. The predicted molar refractivity (Wildman–Crippen MR) is 93.8 cm³/mol. The van der Waals surface area contributed by atoms with Crippen LogP contribution in [-0.2, 0) is 27.1 Å². The quantitative estimate of drug-likeness (QED) is 0.926. The lowest BCUT2D eigenvalue weighted by atomic mass is 9.95. The Labute approximate surface area is 143 Å². The summed E-state index contributed by atoms with van der Waals surface area (Å²) in [5, 5.41) is 7.54. The third kappa shape index (κ3) is 3.08. The third-order valence-corrected chi connectivity index (χ3v) is 5.11. The highest BCUT2D eigenvalue weighted by Crippen LogP contribution is 2.32. The first-order chi connectivity index (χ1) is 11.3. The van der Waals surface area contributed by atoms with Crippen LogP contribution in [0.4, 0.5) is 5.82 Å². The first kappa shape index (κ1) is 16.7. The number of ether oxygens (including phenoxy) is 1. The second-order valence-electron chi connectivity index (χ2n) is 6.82. The smallest absolute Gasteiger partial charge is 0.230 e. The largest absolute Gasteiger partial charge is 0.497 e. The topological polar surface area (TPSA) is 73.2 Å². The molecule has 0 saturated carbocycles. The number of hydrogen-bond acceptors (Lipinski definition) is 4. The molecule has 1 atom stereocenters. The number of fused-ring (bicyclic) bond motifs is 1. The zero-order valence-corrected chi connectivity index (χ0v) is 15.1. The Morgan fingerprint density at radius 3 is 2.50 bits per heavy atom. The number of nitrogens with zero attached hydrogens (tertiary/aromatic N) is 2. The molecule has 0 aliphatic carbocycles. The minimum absolute atomic E-state index is 0.0994. The van der Waals surface area contributed by atoms with Crippen LogP contribution in [0.5, 0.6) is 5.75 Å². The monoisotopic (exact) mass is 347 g/mol. The van der Waals surface area contributed by atoms with E-state index in [-0.39, 0.29) is 5.91 Å². The van der Waals surface area contributed by atoms with Gasteiger partial charge in [0.1, 0.15) is 11.6 Å². The van der Waals surface area contributed by atoms with Gasteiger partial charge in [-0.1, -0.05) is 20.8 Å². The molecule has 1 aliphatic rings. The van der Waals surface area contributed by atoms with E-state index in [0.29, 0.717) is 17.3 Å². The Hall–Kier alpha value is -2.15. The maximum absolute atomic E-state index is 12.4. The number of aromatic nitrogens is 2. The van der Waals surface area contributed by atoms with Crippen molar-refractivity contribution in [2.24, 2.45) is 5.41 Å². The van der Waals surface area contributed by atoms with Gasteiger partial charge >= 0.3 is 0 Å². The van der Waals surface area contributed by atoms with Crippen LogP contribution in [-0.4, -0.2) is 27.0 Å². The van der Waals surface area contributed by atoms with Crippen molar-refractivity contribution in [2.75, 3.05) is 12.4 Å². The average Bonchev–Trinajstić information content (AvgIpc) is 3.04. The number of methoxy groups -OCH3 is 1. The molecule has 2 aromatic rings. The van der Waals surface area contributed by atoms with Gasteiger partial charge in [-0.3, -0.25) is 9.00 Å². The van der Waals surface area contributed by atoms with E-state index in [2.05, 4.69) is 10.4 Å². The lowest BCUT2D eigenvalue weighted by Gasteiger charge is -2.19. The van der Waals surface area contributed by atoms with Crippen LogP contribution >= 0.6 is 0 Å². The predicted octanol–water partition coefficient (Wildman–Crippen LogP) is 2.63. The second-order valence-corrected chi connectivity index (χ2v) is 8.27. The molecule has 1 aliphatic heterocycles. The molecule has 3 rings (SSSR count). The molecular formula is C17H21N3O3S. The molecule has 0 spiro atoms. The van der Waals surface area contributed by atoms with Crippen LogP contribution in [0.2, 0.25) is 0 Å². The molecule has 24 heavy (non-hydrogen) atoms. The maximum atomic E-state index is 12.4. The summed E-state index contributed by atoms with van der Waals surface area (Å²) in [6, 6.07) is 7.45. The lowest BCUT2D eigenvalue weighted by molar-refractivity contribution is -0.123. The standard InChI is InChI=1S/C17H21N3O3S/c1-17(2,3)16(21)18-15-13-9-24(22)10-14(13)19-20(15)11-5-7-12(23-4)8-6-11/h5-8H,9-10H2,1-4H3,(H,18,21). The molecule has 0 saturated heterocycles. The van der Waals surface area contributed by atoms with Crippen molar-refractivity contribution < 1.29 is 13.7 Å². The van der Waals surface area contributed by atoms with Gasteiger partial charge in [-0.2, -0.15) is 5.10 Å². The Morgan fingerprint density at radius 1 is 1.25 bits per heavy atom. The maximum Gasteiger partial charge on any atom is 0.230 e. The van der Waals surface area contributed by atoms with E-state index in [1.165, 1.54) is 0 Å². The number of amides is 1. The Kier molecular flexibility index (Phi) is 4.21. The van der Waals surface area contributed by atoms with Crippen molar-refractivity contribution in [1.29, 1.82) is 0 Å². The van der Waals surface area contributed by atoms with Gasteiger partial charge in [0.25, 0.3) is 0 Å². The summed E-state index contributed by atoms with van der Waals surface area (Å²) in [6.07, 6.45) is 0. The fourth-order valence-corrected chi connectivity index (χ4v) is 3.73. The number of benzene rings is 1. The number of carbonyl (C=O) groups is 1. The first-order valence-electron chi connectivity index (χ1n) is 7.71. The SMILES string of the molecule is COc1ccc(-n2nc3c(c2NC(=O)C(C)(C)C)CS(=O)C3)cc1. The van der Waals surface area contributed by atoms with Crippen molar-refractivity contribution in [3.63, 3.8) is 0 Å². The van der Waals surface area contributed by atoms with Crippen LogP contribution in [0, 0.1) is 5.41 Å². The molecular weight excluding hydrogens is 326 g/mol. The third-order valence-electron chi connectivity index (χ3n) is 3.90. The number of rotatable bonds is 3. The molecule has 2 heterocycles. The second kappa shape index (κ2) is 6.05. The molecule has 0 bridgehead atoms. The Bertz CT molecular complexity index is 804. The summed E-state index contributed by atoms with van der Waals surface area (Å²) in [5.41, 5.74) is 1.94. The fraction of sp³-hybridized carbons (Fsp3) is 0.412. The van der Waals surface area contributed by atoms with Crippen LogP contribution in [0.25, 0.3) is 5.69 Å². The van der Waals surface area contributed by atoms with Gasteiger partial charge < -0.3 is 10.1 Å². The minimum atomic E-state index is -0.951. The number of anilines is 1. The molecule has 128 valence electrons. The van der Waals surface area contributed by atoms with Crippen molar-refractivity contribution in [2.45, 2.75) is 32.3 Å². The van der Waals surface area contributed by atoms with Crippen molar-refractivity contribution in [1.82, 2.24) is 9.78 Å². The van der Waals surface area contributed by atoms with Crippen LogP contribution in [0.15, 0.2) is 24.3 Å². The molecule has 1 amide bonds. The van der Waals surface area contributed by atoms with Crippen LogP contribution in [0.1, 0.15) is 32.0 Å². The molecule has 0 radical (unpaired) electrons. The first-order valence-corrected chi connectivity index (χ1v) is 9.20. The zero-order chi connectivity index (χ0) is 17.5. The molecule has 7 heteroatoms. The summed E-state index contributed by atoms with van der Waals surface area (Å²) < 4.78 is 18.8. The van der Waals surface area contributed by atoms with Gasteiger partial charge in [-0.25, -0.2) is 4.68 Å². The molecule has 6 nitrogen and oxygen atoms in total. The van der Waals surface area contributed by atoms with E-state index in [9.17, 15) is 9.00 Å². The average molecular weight is 347 g/mol. The number of carbonyl (C=O) groups excluding carboxylic acids is 1. The van der Waals surface area contributed by atoms with E-state index >= 15 is 0 Å². The van der Waals surface area contributed by atoms with Crippen molar-refractivity contribution in [3.8, 4) is 11.4 Å². The van der Waals surface area contributed by atoms with Crippen molar-refractivity contribution in [3.05, 3.63) is 35.5 Å². The normalized spacial score (nSPS) is 16.8. The number of nitrogens with one attached hydrogen (secondary N) is 1. The summed E-state index contributed by atoms with van der Waals surface area (Å²) >= 11 is 0. The van der Waals surface area contributed by atoms with Gasteiger partial charge in [-0.05, 0) is 24.3 Å². The highest BCUT2D eigenvalue weighted by atomic mass is 32.2. The van der Waals surface area contributed by atoms with Gasteiger partial charge in [-0.15, -0.1) is 0 Å². The Balaban J connectivity index is 2.04. The van der Waals surface area contributed by atoms with E-state index in [1.54, 1.807) is 11.8 Å². The highest BCUT2D eigenvalue weighted by molar-refractivity contribution is 7.83. The summed E-state index contributed by atoms with van der Waals surface area (Å²) in [5.74, 6) is 2.11. The minimum Gasteiger partial charge on any atom is -0.497 e. The van der Waals surface area contributed by atoms with Gasteiger partial charge in [0, 0.05) is 21.8 Å². The molecule has 1 N–H and O–H groups in total. The fourth-order valence-electron chi connectivity index (χ4n) is 2.46. The van der Waals surface area contributed by atoms with Crippen LogP contribution < -0.4 is 10.1 Å². The summed E-state index contributed by atoms with van der Waals surface area (Å²) in [6.45, 7) is 5.57. The van der Waals surface area contributed by atoms with Gasteiger partial charge in [0.2, 0.25) is 5.91 Å². The van der Waals surface area contributed by atoms with E-state index in [1.807, 2.05) is 45.0 Å². The van der Waals surface area contributed by atoms with Gasteiger partial charge in [0.15, 0.2) is 0 Å². The molecule has 1 unspecified atom stereocenters. The molecule has 1 aromatic heterocycles. The molecule has 0 fully saturated rings.